The van der Waals surface area contributed by atoms with E-state index in [1.165, 1.54) is 18.9 Å². The maximum absolute atomic E-state index is 10.2. The van der Waals surface area contributed by atoms with Gasteiger partial charge in [-0.1, -0.05) is 22.0 Å². The van der Waals surface area contributed by atoms with E-state index in [0.717, 1.165) is 28.8 Å². The number of pyridine rings is 1. The molecule has 1 aliphatic rings. The molecule has 108 valence electrons. The van der Waals surface area contributed by atoms with Crippen molar-refractivity contribution in [3.8, 4) is 6.07 Å². The average molecular weight is 346 g/mol. The molecule has 1 aliphatic heterocycles. The van der Waals surface area contributed by atoms with Crippen LogP contribution in [0.25, 0.3) is 0 Å². The zero-order valence-corrected chi connectivity index (χ0v) is 13.1. The largest absolute Gasteiger partial charge is 0.370 e. The van der Waals surface area contributed by atoms with Crippen molar-refractivity contribution in [1.82, 2.24) is 4.98 Å². The van der Waals surface area contributed by atoms with Crippen molar-refractivity contribution < 1.29 is 0 Å². The third-order valence-corrected chi connectivity index (χ3v) is 3.70. The third-order valence-electron chi connectivity index (χ3n) is 3.21. The van der Waals surface area contributed by atoms with Crippen LogP contribution in [-0.4, -0.2) is 18.1 Å². The molecule has 0 bridgehead atoms. The molecule has 0 spiro atoms. The van der Waals surface area contributed by atoms with Crippen LogP contribution in [-0.2, 0) is 0 Å². The summed E-state index contributed by atoms with van der Waals surface area (Å²) in [5.74, 6) is 0. The highest BCUT2D eigenvalue weighted by Crippen LogP contribution is 2.26. The second kappa shape index (κ2) is 7.65. The van der Waals surface area contributed by atoms with Gasteiger partial charge in [0, 0.05) is 29.8 Å². The molecule has 0 atom stereocenters. The van der Waals surface area contributed by atoms with Crippen LogP contribution in [0.2, 0.25) is 0 Å². The van der Waals surface area contributed by atoms with Gasteiger partial charge in [0.15, 0.2) is 0 Å². The molecule has 1 N–H and O–H groups in total. The van der Waals surface area contributed by atoms with Crippen molar-refractivity contribution in [2.24, 2.45) is 0 Å². The van der Waals surface area contributed by atoms with E-state index in [-0.39, 0.29) is 5.56 Å². The molecule has 2 aromatic rings. The summed E-state index contributed by atoms with van der Waals surface area (Å²) >= 11 is 3.38. The number of anilines is 1. The fourth-order valence-electron chi connectivity index (χ4n) is 2.21. The van der Waals surface area contributed by atoms with Crippen LogP contribution in [0.15, 0.2) is 51.9 Å². The Kier molecular flexibility index (Phi) is 5.59. The Hall–Kier alpha value is -2.06. The van der Waals surface area contributed by atoms with E-state index in [4.69, 9.17) is 5.26 Å². The molecular formula is C16H16BrN3O. The lowest BCUT2D eigenvalue weighted by atomic mass is 10.2. The lowest BCUT2D eigenvalue weighted by Gasteiger charge is -2.18. The molecule has 4 nitrogen and oxygen atoms in total. The van der Waals surface area contributed by atoms with Crippen LogP contribution in [0.4, 0.5) is 5.69 Å². The Labute approximate surface area is 132 Å². The van der Waals surface area contributed by atoms with Gasteiger partial charge in [-0.05, 0) is 37.1 Å². The van der Waals surface area contributed by atoms with E-state index in [9.17, 15) is 4.79 Å². The second-order valence-corrected chi connectivity index (χ2v) is 5.61. The van der Waals surface area contributed by atoms with Crippen LogP contribution in [0.5, 0.6) is 0 Å². The molecule has 0 radical (unpaired) electrons. The lowest BCUT2D eigenvalue weighted by Crippen LogP contribution is -2.18. The minimum Gasteiger partial charge on any atom is -0.370 e. The maximum Gasteiger partial charge on any atom is 0.247 e. The first kappa shape index (κ1) is 15.3. The predicted octanol–water partition coefficient (Wildman–Crippen LogP) is 3.30. The Morgan fingerprint density at radius 2 is 1.95 bits per heavy atom. The summed E-state index contributed by atoms with van der Waals surface area (Å²) in [7, 11) is 0. The number of hydrogen-bond donors (Lipinski definition) is 1. The van der Waals surface area contributed by atoms with Crippen LogP contribution >= 0.6 is 15.9 Å². The molecule has 0 aliphatic carbocycles. The summed E-state index contributed by atoms with van der Waals surface area (Å²) < 4.78 is 0.969. The molecule has 1 fully saturated rings. The molecule has 1 aromatic heterocycles. The number of aromatic amines is 1. The Balaban J connectivity index is 0.000000194. The zero-order valence-electron chi connectivity index (χ0n) is 11.6. The van der Waals surface area contributed by atoms with Crippen molar-refractivity contribution in [3.63, 3.8) is 0 Å². The summed E-state index contributed by atoms with van der Waals surface area (Å²) in [4.78, 5) is 15.0. The van der Waals surface area contributed by atoms with Gasteiger partial charge in [0.2, 0.25) is 5.56 Å². The van der Waals surface area contributed by atoms with Gasteiger partial charge in [-0.3, -0.25) is 4.79 Å². The summed E-state index contributed by atoms with van der Waals surface area (Å²) in [6.07, 6.45) is 4.07. The van der Waals surface area contributed by atoms with Crippen LogP contribution < -0.4 is 10.5 Å². The van der Waals surface area contributed by atoms with Crippen molar-refractivity contribution in [3.05, 3.63) is 63.0 Å². The molecule has 21 heavy (non-hydrogen) atoms. The van der Waals surface area contributed by atoms with Gasteiger partial charge in [0.05, 0.1) is 11.3 Å². The van der Waals surface area contributed by atoms with Gasteiger partial charge in [-0.15, -0.1) is 0 Å². The van der Waals surface area contributed by atoms with E-state index >= 15 is 0 Å². The number of H-pyrrole nitrogens is 1. The Morgan fingerprint density at radius 3 is 2.48 bits per heavy atom. The predicted molar refractivity (Wildman–Crippen MR) is 87.4 cm³/mol. The average Bonchev–Trinajstić information content (AvgIpc) is 3.02. The van der Waals surface area contributed by atoms with E-state index in [1.807, 2.05) is 18.2 Å². The molecule has 5 heteroatoms. The highest BCUT2D eigenvalue weighted by molar-refractivity contribution is 9.10. The molecular weight excluding hydrogens is 330 g/mol. The molecule has 2 heterocycles. The topological polar surface area (TPSA) is 59.9 Å². The normalized spacial score (nSPS) is 13.2. The van der Waals surface area contributed by atoms with Gasteiger partial charge in [-0.25, -0.2) is 0 Å². The first-order chi connectivity index (χ1) is 10.2. The van der Waals surface area contributed by atoms with Gasteiger partial charge in [0.1, 0.15) is 6.07 Å². The number of nitrogens with zero attached hydrogens (tertiary/aromatic N) is 2. The van der Waals surface area contributed by atoms with Crippen molar-refractivity contribution in [2.75, 3.05) is 18.0 Å². The molecule has 3 rings (SSSR count). The number of aromatic nitrogens is 1. The highest BCUT2D eigenvalue weighted by atomic mass is 79.9. The molecule has 0 amide bonds. The van der Waals surface area contributed by atoms with Gasteiger partial charge in [0.25, 0.3) is 0 Å². The van der Waals surface area contributed by atoms with Crippen LogP contribution in [0, 0.1) is 11.3 Å². The second-order valence-electron chi connectivity index (χ2n) is 4.69. The number of halogens is 1. The van der Waals surface area contributed by atoms with Crippen LogP contribution in [0.1, 0.15) is 18.4 Å². The number of benzene rings is 1. The summed E-state index contributed by atoms with van der Waals surface area (Å²) in [5, 5.41) is 9.01. The third kappa shape index (κ3) is 4.47. The van der Waals surface area contributed by atoms with Gasteiger partial charge in [-0.2, -0.15) is 5.26 Å². The summed E-state index contributed by atoms with van der Waals surface area (Å²) in [6.45, 7) is 2.16. The van der Waals surface area contributed by atoms with Gasteiger partial charge >= 0.3 is 0 Å². The number of nitrogens with one attached hydrogen (secondary N) is 1. The highest BCUT2D eigenvalue weighted by Gasteiger charge is 2.15. The minimum atomic E-state index is -0.0532. The van der Waals surface area contributed by atoms with Crippen molar-refractivity contribution >= 4 is 21.6 Å². The van der Waals surface area contributed by atoms with E-state index in [0.29, 0.717) is 0 Å². The zero-order chi connectivity index (χ0) is 15.1. The quantitative estimate of drug-likeness (QED) is 0.862. The minimum absolute atomic E-state index is 0.0532. The molecule has 0 unspecified atom stereocenters. The fraction of sp³-hybridized carbons (Fsp3) is 0.250. The van der Waals surface area contributed by atoms with Crippen molar-refractivity contribution in [2.45, 2.75) is 12.8 Å². The van der Waals surface area contributed by atoms with Crippen molar-refractivity contribution in [1.29, 1.82) is 5.26 Å². The SMILES string of the molecule is N#Cc1cc(Br)ccc1N1CCCC1.O=c1cccc[nH]1. The summed E-state index contributed by atoms with van der Waals surface area (Å²) in [6, 6.07) is 13.1. The smallest absolute Gasteiger partial charge is 0.247 e. The molecule has 1 aromatic carbocycles. The summed E-state index contributed by atoms with van der Waals surface area (Å²) in [5.41, 5.74) is 1.79. The van der Waals surface area contributed by atoms with E-state index in [2.05, 4.69) is 31.9 Å². The lowest BCUT2D eigenvalue weighted by molar-refractivity contribution is 0.949. The van der Waals surface area contributed by atoms with Crippen LogP contribution in [0.3, 0.4) is 0 Å². The maximum atomic E-state index is 10.2. The number of nitriles is 1. The first-order valence-electron chi connectivity index (χ1n) is 6.79. The molecule has 1 saturated heterocycles. The Morgan fingerprint density at radius 1 is 1.19 bits per heavy atom. The fourth-order valence-corrected chi connectivity index (χ4v) is 2.57. The van der Waals surface area contributed by atoms with E-state index < -0.39 is 0 Å². The number of hydrogen-bond acceptors (Lipinski definition) is 3. The number of rotatable bonds is 1. The van der Waals surface area contributed by atoms with E-state index in [1.54, 1.807) is 18.3 Å². The first-order valence-corrected chi connectivity index (χ1v) is 7.58. The van der Waals surface area contributed by atoms with Gasteiger partial charge < -0.3 is 9.88 Å². The standard InChI is InChI=1S/C11H11BrN2.C5H5NO/c12-10-3-4-11(9(7-10)8-13)14-5-1-2-6-14;7-5-3-1-2-4-6-5/h3-4,7H,1-2,5-6H2;1-4H,(H,6,7). The molecule has 0 saturated carbocycles. The monoisotopic (exact) mass is 345 g/mol. The Bertz CT molecular complexity index is 667.